The average molecular weight is 402 g/mol. The van der Waals surface area contributed by atoms with Gasteiger partial charge in [-0.05, 0) is 42.7 Å². The van der Waals surface area contributed by atoms with Crippen molar-refractivity contribution in [2.75, 3.05) is 27.4 Å². The maximum absolute atomic E-state index is 12.2. The van der Waals surface area contributed by atoms with E-state index < -0.39 is 6.10 Å². The van der Waals surface area contributed by atoms with Crippen LogP contribution in [0.3, 0.4) is 0 Å². The summed E-state index contributed by atoms with van der Waals surface area (Å²) in [6, 6.07) is 12.6. The summed E-state index contributed by atoms with van der Waals surface area (Å²) in [6.45, 7) is 4.94. The largest absolute Gasteiger partial charge is 0.493 e. The van der Waals surface area contributed by atoms with E-state index in [1.54, 1.807) is 21.1 Å². The third-order valence-corrected chi connectivity index (χ3v) is 4.50. The van der Waals surface area contributed by atoms with Crippen molar-refractivity contribution >= 4 is 6.03 Å². The van der Waals surface area contributed by atoms with Crippen LogP contribution in [-0.4, -0.2) is 38.6 Å². The number of aliphatic hydroxyl groups is 1. The lowest BCUT2D eigenvalue weighted by Gasteiger charge is -2.17. The van der Waals surface area contributed by atoms with Crippen LogP contribution in [0.5, 0.6) is 11.5 Å². The van der Waals surface area contributed by atoms with Crippen LogP contribution in [0.4, 0.5) is 4.79 Å². The fourth-order valence-electron chi connectivity index (χ4n) is 2.74. The van der Waals surface area contributed by atoms with Crippen LogP contribution in [0.1, 0.15) is 42.7 Å². The molecule has 0 fully saturated rings. The van der Waals surface area contributed by atoms with Crippen LogP contribution in [-0.2, 0) is 11.3 Å². The van der Waals surface area contributed by atoms with Crippen LogP contribution >= 0.6 is 0 Å². The molecule has 29 heavy (non-hydrogen) atoms. The second-order valence-corrected chi connectivity index (χ2v) is 6.72. The number of nitrogens with one attached hydrogen (secondary N) is 2. The minimum Gasteiger partial charge on any atom is -0.493 e. The molecule has 0 saturated heterocycles. The lowest BCUT2D eigenvalue weighted by Crippen LogP contribution is -2.36. The van der Waals surface area contributed by atoms with E-state index in [1.165, 1.54) is 0 Å². The van der Waals surface area contributed by atoms with Gasteiger partial charge in [0.05, 0.1) is 25.9 Å². The molecule has 2 aromatic rings. The molecule has 0 aromatic heterocycles. The first-order chi connectivity index (χ1) is 13.9. The minimum absolute atomic E-state index is 0.213. The second-order valence-electron chi connectivity index (χ2n) is 6.72. The average Bonchev–Trinajstić information content (AvgIpc) is 2.72. The molecule has 2 rings (SSSR count). The predicted octanol–water partition coefficient (Wildman–Crippen LogP) is 3.33. The van der Waals surface area contributed by atoms with Gasteiger partial charge in [-0.15, -0.1) is 0 Å². The van der Waals surface area contributed by atoms with E-state index in [1.807, 2.05) is 49.4 Å². The topological polar surface area (TPSA) is 89.1 Å². The Morgan fingerprint density at radius 3 is 2.31 bits per heavy atom. The number of rotatable bonds is 10. The molecule has 0 aliphatic carbocycles. The Bertz CT molecular complexity index is 777. The molecule has 0 aliphatic heterocycles. The van der Waals surface area contributed by atoms with Gasteiger partial charge >= 0.3 is 6.03 Å². The van der Waals surface area contributed by atoms with Gasteiger partial charge in [0.2, 0.25) is 0 Å². The van der Waals surface area contributed by atoms with E-state index in [0.717, 1.165) is 16.7 Å². The second kappa shape index (κ2) is 11.3. The molecule has 2 amide bonds. The number of methoxy groups -OCH3 is 2. The van der Waals surface area contributed by atoms with Crippen molar-refractivity contribution in [1.29, 1.82) is 0 Å². The number of hydrogen-bond donors (Lipinski definition) is 3. The van der Waals surface area contributed by atoms with Crippen molar-refractivity contribution in [2.24, 2.45) is 0 Å². The van der Waals surface area contributed by atoms with E-state index in [2.05, 4.69) is 10.6 Å². The molecule has 0 radical (unpaired) electrons. The Labute approximate surface area is 172 Å². The van der Waals surface area contributed by atoms with E-state index in [9.17, 15) is 9.90 Å². The molecule has 158 valence electrons. The summed E-state index contributed by atoms with van der Waals surface area (Å²) in [5.41, 5.74) is 2.70. The number of urea groups is 1. The third kappa shape index (κ3) is 6.96. The van der Waals surface area contributed by atoms with Crippen molar-refractivity contribution in [3.05, 3.63) is 59.2 Å². The van der Waals surface area contributed by atoms with Crippen molar-refractivity contribution in [3.63, 3.8) is 0 Å². The lowest BCUT2D eigenvalue weighted by molar-refractivity contribution is 0.144. The summed E-state index contributed by atoms with van der Waals surface area (Å²) in [5, 5.41) is 15.3. The Morgan fingerprint density at radius 1 is 1.00 bits per heavy atom. The highest BCUT2D eigenvalue weighted by molar-refractivity contribution is 5.74. The molecular weight excluding hydrogens is 372 g/mol. The zero-order valence-electron chi connectivity index (χ0n) is 17.4. The van der Waals surface area contributed by atoms with Crippen molar-refractivity contribution < 1.29 is 24.1 Å². The highest BCUT2D eigenvalue weighted by Gasteiger charge is 2.13. The SMILES string of the molecule is COCCOc1ccc([C@H](C)NC(=O)NCc2ccc([C@@H](C)O)cc2)cc1OC. The summed E-state index contributed by atoms with van der Waals surface area (Å²) < 4.78 is 16.0. The molecule has 2 atom stereocenters. The van der Waals surface area contributed by atoms with Gasteiger partial charge in [0, 0.05) is 13.7 Å². The summed E-state index contributed by atoms with van der Waals surface area (Å²) in [6.07, 6.45) is -0.505. The van der Waals surface area contributed by atoms with Gasteiger partial charge in [0.1, 0.15) is 6.61 Å². The lowest BCUT2D eigenvalue weighted by atomic mass is 10.1. The van der Waals surface area contributed by atoms with Crippen molar-refractivity contribution in [2.45, 2.75) is 32.5 Å². The fourth-order valence-corrected chi connectivity index (χ4v) is 2.74. The van der Waals surface area contributed by atoms with E-state index in [-0.39, 0.29) is 12.1 Å². The van der Waals surface area contributed by atoms with E-state index in [0.29, 0.717) is 31.3 Å². The molecule has 0 unspecified atom stereocenters. The Balaban J connectivity index is 1.89. The standard InChI is InChI=1S/C22H30N2O5/c1-15(19-9-10-20(21(13-19)28-4)29-12-11-27-3)24-22(26)23-14-17-5-7-18(8-6-17)16(2)25/h5-10,13,15-16,25H,11-12,14H2,1-4H3,(H2,23,24,26)/t15-,16+/m0/s1. The number of ether oxygens (including phenoxy) is 3. The maximum Gasteiger partial charge on any atom is 0.315 e. The van der Waals surface area contributed by atoms with Crippen LogP contribution in [0.15, 0.2) is 42.5 Å². The highest BCUT2D eigenvalue weighted by atomic mass is 16.5. The molecular formula is C22H30N2O5. The zero-order valence-corrected chi connectivity index (χ0v) is 17.4. The smallest absolute Gasteiger partial charge is 0.315 e. The number of carbonyl (C=O) groups excluding carboxylic acids is 1. The van der Waals surface area contributed by atoms with Crippen LogP contribution < -0.4 is 20.1 Å². The molecule has 0 spiro atoms. The number of amides is 2. The molecule has 7 nitrogen and oxygen atoms in total. The van der Waals surface area contributed by atoms with Crippen molar-refractivity contribution in [3.8, 4) is 11.5 Å². The van der Waals surface area contributed by atoms with E-state index in [4.69, 9.17) is 14.2 Å². The minimum atomic E-state index is -0.505. The molecule has 3 N–H and O–H groups in total. The van der Waals surface area contributed by atoms with Crippen LogP contribution in [0, 0.1) is 0 Å². The van der Waals surface area contributed by atoms with Crippen LogP contribution in [0.2, 0.25) is 0 Å². The Hall–Kier alpha value is -2.77. The quantitative estimate of drug-likeness (QED) is 0.531. The summed E-state index contributed by atoms with van der Waals surface area (Å²) in [4.78, 5) is 12.2. The Morgan fingerprint density at radius 2 is 1.69 bits per heavy atom. The van der Waals surface area contributed by atoms with Crippen molar-refractivity contribution in [1.82, 2.24) is 10.6 Å². The van der Waals surface area contributed by atoms with Gasteiger partial charge in [0.25, 0.3) is 0 Å². The van der Waals surface area contributed by atoms with Gasteiger partial charge in [-0.2, -0.15) is 0 Å². The van der Waals surface area contributed by atoms with Gasteiger partial charge in [-0.1, -0.05) is 30.3 Å². The highest BCUT2D eigenvalue weighted by Crippen LogP contribution is 2.30. The first kappa shape index (κ1) is 22.5. The maximum atomic E-state index is 12.2. The Kier molecular flexibility index (Phi) is 8.76. The summed E-state index contributed by atoms with van der Waals surface area (Å²) in [5.74, 6) is 1.23. The summed E-state index contributed by atoms with van der Waals surface area (Å²) >= 11 is 0. The fraction of sp³-hybridized carbons (Fsp3) is 0.409. The number of benzene rings is 2. The van der Waals surface area contributed by atoms with Gasteiger partial charge in [-0.25, -0.2) is 4.79 Å². The first-order valence-corrected chi connectivity index (χ1v) is 9.55. The normalized spacial score (nSPS) is 12.7. The number of aliphatic hydroxyl groups excluding tert-OH is 1. The molecule has 0 bridgehead atoms. The molecule has 0 saturated carbocycles. The molecule has 0 aliphatic rings. The first-order valence-electron chi connectivity index (χ1n) is 9.55. The predicted molar refractivity (Wildman–Crippen MR) is 111 cm³/mol. The summed E-state index contributed by atoms with van der Waals surface area (Å²) in [7, 11) is 3.20. The van der Waals surface area contributed by atoms with Gasteiger partial charge in [-0.3, -0.25) is 0 Å². The molecule has 2 aromatic carbocycles. The number of hydrogen-bond acceptors (Lipinski definition) is 5. The van der Waals surface area contributed by atoms with Gasteiger partial charge in [0.15, 0.2) is 11.5 Å². The number of carbonyl (C=O) groups is 1. The monoisotopic (exact) mass is 402 g/mol. The van der Waals surface area contributed by atoms with E-state index >= 15 is 0 Å². The van der Waals surface area contributed by atoms with Crippen LogP contribution in [0.25, 0.3) is 0 Å². The van der Waals surface area contributed by atoms with Gasteiger partial charge < -0.3 is 30.0 Å². The third-order valence-electron chi connectivity index (χ3n) is 4.50. The molecule has 7 heteroatoms. The molecule has 0 heterocycles. The zero-order chi connectivity index (χ0) is 21.2.